The molecule has 1 aromatic heterocycles. The maximum Gasteiger partial charge on any atom is 0.416 e. The van der Waals surface area contributed by atoms with E-state index in [0.29, 0.717) is 17.9 Å². The van der Waals surface area contributed by atoms with Gasteiger partial charge in [-0.3, -0.25) is 10.4 Å². The van der Waals surface area contributed by atoms with Gasteiger partial charge >= 0.3 is 6.18 Å². The molecule has 2 aromatic rings. The van der Waals surface area contributed by atoms with Crippen LogP contribution in [0.1, 0.15) is 16.7 Å². The molecule has 6 nitrogen and oxygen atoms in total. The van der Waals surface area contributed by atoms with E-state index in [0.717, 1.165) is 17.7 Å². The van der Waals surface area contributed by atoms with Crippen molar-refractivity contribution in [3.8, 4) is 0 Å². The molecule has 0 amide bonds. The van der Waals surface area contributed by atoms with Gasteiger partial charge in [0, 0.05) is 38.6 Å². The van der Waals surface area contributed by atoms with Crippen LogP contribution in [0.4, 0.5) is 13.2 Å². The quantitative estimate of drug-likeness (QED) is 0.277. The summed E-state index contributed by atoms with van der Waals surface area (Å²) in [7, 11) is 1.68. The maximum absolute atomic E-state index is 12.7. The molecule has 0 spiro atoms. The summed E-state index contributed by atoms with van der Waals surface area (Å²) in [5.74, 6) is 0.576. The number of alkyl halides is 3. The largest absolute Gasteiger partial charge is 0.416 e. The van der Waals surface area contributed by atoms with Crippen LogP contribution in [-0.2, 0) is 19.3 Å². The Kier molecular flexibility index (Phi) is 7.18. The molecule has 2 rings (SSSR count). The highest BCUT2D eigenvalue weighted by Crippen LogP contribution is 2.29. The molecule has 0 unspecified atom stereocenters. The van der Waals surface area contributed by atoms with E-state index in [1.54, 1.807) is 25.5 Å². The van der Waals surface area contributed by atoms with E-state index in [2.05, 4.69) is 26.5 Å². The predicted molar refractivity (Wildman–Crippen MR) is 97.4 cm³/mol. The smallest absolute Gasteiger partial charge is 0.367 e. The zero-order valence-electron chi connectivity index (χ0n) is 14.7. The van der Waals surface area contributed by atoms with Gasteiger partial charge in [0.05, 0.1) is 5.56 Å². The van der Waals surface area contributed by atoms with Gasteiger partial charge < -0.3 is 16.1 Å². The number of hydrogen-bond donors (Lipinski definition) is 5. The Balaban J connectivity index is 1.94. The first kappa shape index (κ1) is 20.2. The van der Waals surface area contributed by atoms with E-state index in [1.807, 2.05) is 12.1 Å². The Labute approximate surface area is 155 Å². The minimum Gasteiger partial charge on any atom is -0.367 e. The van der Waals surface area contributed by atoms with Crippen molar-refractivity contribution in [2.24, 2.45) is 0 Å². The van der Waals surface area contributed by atoms with Crippen molar-refractivity contribution in [2.75, 3.05) is 7.05 Å². The standard InChI is InChI=1S/C18H21F3N6/c1-23-27-17(26-12-14-5-3-7-24-10-14)9-16(22)25-11-13-4-2-6-15(8-13)18(19,20)21/h2-10,23,26-27H,11-12H2,1H3,(H2,22,25)/b17-9-. The van der Waals surface area contributed by atoms with Crippen LogP contribution in [0.5, 0.6) is 0 Å². The maximum atomic E-state index is 12.7. The summed E-state index contributed by atoms with van der Waals surface area (Å²) in [6, 6.07) is 8.75. The molecule has 1 heterocycles. The Bertz CT molecular complexity index is 774. The number of hydrazine groups is 1. The van der Waals surface area contributed by atoms with Crippen LogP contribution in [0, 0.1) is 5.41 Å². The van der Waals surface area contributed by atoms with Crippen LogP contribution in [0.3, 0.4) is 0 Å². The summed E-state index contributed by atoms with van der Waals surface area (Å²) in [6.45, 7) is 0.601. The SMILES string of the molecule is CNN/C(=C\C(=N)NCc1cccc(C(F)(F)F)c1)NCc1cccnc1. The molecule has 1 aromatic carbocycles. The van der Waals surface area contributed by atoms with Crippen LogP contribution in [0.2, 0.25) is 0 Å². The number of nitrogens with one attached hydrogen (secondary N) is 5. The topological polar surface area (TPSA) is 84.9 Å². The predicted octanol–water partition coefficient (Wildman–Crippen LogP) is 2.52. The first-order valence-electron chi connectivity index (χ1n) is 8.14. The molecule has 0 fully saturated rings. The van der Waals surface area contributed by atoms with Gasteiger partial charge in [-0.1, -0.05) is 18.2 Å². The van der Waals surface area contributed by atoms with Crippen LogP contribution in [0.15, 0.2) is 60.7 Å². The van der Waals surface area contributed by atoms with Gasteiger partial charge in [-0.15, -0.1) is 0 Å². The molecule has 5 N–H and O–H groups in total. The normalized spacial score (nSPS) is 11.8. The molecule has 27 heavy (non-hydrogen) atoms. The zero-order valence-corrected chi connectivity index (χ0v) is 14.7. The minimum absolute atomic E-state index is 0.0452. The highest BCUT2D eigenvalue weighted by atomic mass is 19.4. The summed E-state index contributed by atoms with van der Waals surface area (Å²) in [5, 5.41) is 13.9. The van der Waals surface area contributed by atoms with Crippen LogP contribution >= 0.6 is 0 Å². The molecule has 0 radical (unpaired) electrons. The first-order chi connectivity index (χ1) is 12.9. The summed E-state index contributed by atoms with van der Waals surface area (Å²) < 4.78 is 38.2. The monoisotopic (exact) mass is 378 g/mol. The Morgan fingerprint density at radius 1 is 1.11 bits per heavy atom. The van der Waals surface area contributed by atoms with E-state index in [4.69, 9.17) is 5.41 Å². The number of nitrogens with zero attached hydrogens (tertiary/aromatic N) is 1. The van der Waals surface area contributed by atoms with Gasteiger partial charge in [0.2, 0.25) is 0 Å². The summed E-state index contributed by atoms with van der Waals surface area (Å²) in [5.41, 5.74) is 6.32. The van der Waals surface area contributed by atoms with Gasteiger partial charge in [-0.25, -0.2) is 5.43 Å². The van der Waals surface area contributed by atoms with Crippen molar-refractivity contribution < 1.29 is 13.2 Å². The highest BCUT2D eigenvalue weighted by molar-refractivity contribution is 5.90. The highest BCUT2D eigenvalue weighted by Gasteiger charge is 2.30. The molecule has 0 aliphatic heterocycles. The lowest BCUT2D eigenvalue weighted by Gasteiger charge is -2.14. The van der Waals surface area contributed by atoms with Gasteiger partial charge in [0.1, 0.15) is 11.7 Å². The number of amidine groups is 1. The third-order valence-electron chi connectivity index (χ3n) is 3.49. The number of aromatic nitrogens is 1. The van der Waals surface area contributed by atoms with Crippen molar-refractivity contribution in [1.29, 1.82) is 5.41 Å². The second-order valence-electron chi connectivity index (χ2n) is 5.61. The number of benzene rings is 1. The molecule has 144 valence electrons. The molecular formula is C18H21F3N6. The van der Waals surface area contributed by atoms with Gasteiger partial charge in [-0.2, -0.15) is 13.2 Å². The molecular weight excluding hydrogens is 357 g/mol. The van der Waals surface area contributed by atoms with Crippen LogP contribution in [0.25, 0.3) is 0 Å². The fourth-order valence-electron chi connectivity index (χ4n) is 2.22. The van der Waals surface area contributed by atoms with Crippen LogP contribution < -0.4 is 21.5 Å². The molecule has 0 aliphatic rings. The minimum atomic E-state index is -4.39. The average molecular weight is 378 g/mol. The lowest BCUT2D eigenvalue weighted by Crippen LogP contribution is -2.36. The fourth-order valence-corrected chi connectivity index (χ4v) is 2.22. The second-order valence-corrected chi connectivity index (χ2v) is 5.61. The zero-order chi connectivity index (χ0) is 19.7. The molecule has 0 bridgehead atoms. The second kappa shape index (κ2) is 9.58. The Hall–Kier alpha value is -3.07. The lowest BCUT2D eigenvalue weighted by molar-refractivity contribution is -0.137. The van der Waals surface area contributed by atoms with E-state index in [9.17, 15) is 13.2 Å². The molecule has 0 atom stereocenters. The summed E-state index contributed by atoms with van der Waals surface area (Å²) in [4.78, 5) is 4.03. The summed E-state index contributed by atoms with van der Waals surface area (Å²) in [6.07, 6.45) is 0.519. The van der Waals surface area contributed by atoms with Crippen molar-refractivity contribution in [2.45, 2.75) is 19.3 Å². The third-order valence-corrected chi connectivity index (χ3v) is 3.49. The lowest BCUT2D eigenvalue weighted by atomic mass is 10.1. The van der Waals surface area contributed by atoms with Crippen molar-refractivity contribution in [3.05, 3.63) is 77.4 Å². The molecule has 0 saturated carbocycles. The fraction of sp³-hybridized carbons (Fsp3) is 0.222. The first-order valence-corrected chi connectivity index (χ1v) is 8.14. The van der Waals surface area contributed by atoms with Gasteiger partial charge in [-0.05, 0) is 29.3 Å². The average Bonchev–Trinajstić information content (AvgIpc) is 2.65. The van der Waals surface area contributed by atoms with E-state index < -0.39 is 11.7 Å². The van der Waals surface area contributed by atoms with E-state index in [1.165, 1.54) is 12.1 Å². The van der Waals surface area contributed by atoms with Gasteiger partial charge in [0.15, 0.2) is 0 Å². The number of hydrogen-bond acceptors (Lipinski definition) is 5. The van der Waals surface area contributed by atoms with Crippen molar-refractivity contribution >= 4 is 5.84 Å². The number of halogens is 3. The van der Waals surface area contributed by atoms with Crippen molar-refractivity contribution in [1.82, 2.24) is 26.5 Å². The number of rotatable bonds is 8. The van der Waals surface area contributed by atoms with E-state index >= 15 is 0 Å². The van der Waals surface area contributed by atoms with Gasteiger partial charge in [0.25, 0.3) is 0 Å². The van der Waals surface area contributed by atoms with Crippen LogP contribution in [-0.4, -0.2) is 17.9 Å². The molecule has 9 heteroatoms. The van der Waals surface area contributed by atoms with E-state index in [-0.39, 0.29) is 12.4 Å². The Morgan fingerprint density at radius 3 is 2.52 bits per heavy atom. The third kappa shape index (κ3) is 6.98. The van der Waals surface area contributed by atoms with Crippen molar-refractivity contribution in [3.63, 3.8) is 0 Å². The summed E-state index contributed by atoms with van der Waals surface area (Å²) >= 11 is 0. The molecule has 0 saturated heterocycles. The number of pyridine rings is 1. The Morgan fingerprint density at radius 2 is 1.85 bits per heavy atom. The molecule has 0 aliphatic carbocycles.